The van der Waals surface area contributed by atoms with E-state index in [1.54, 1.807) is 60.5 Å². The van der Waals surface area contributed by atoms with Crippen molar-refractivity contribution in [1.29, 1.82) is 0 Å². The molecule has 2 amide bonds. The van der Waals surface area contributed by atoms with Gasteiger partial charge in [0.1, 0.15) is 17.9 Å². The molecule has 2 N–H and O–H groups in total. The van der Waals surface area contributed by atoms with Crippen molar-refractivity contribution < 1.29 is 23.9 Å². The summed E-state index contributed by atoms with van der Waals surface area (Å²) in [5, 5.41) is 6.53. The third kappa shape index (κ3) is 5.92. The molecule has 9 heteroatoms. The van der Waals surface area contributed by atoms with Crippen LogP contribution in [0.25, 0.3) is 11.1 Å². The van der Waals surface area contributed by atoms with Crippen molar-refractivity contribution in [3.8, 4) is 16.9 Å². The van der Waals surface area contributed by atoms with Crippen molar-refractivity contribution in [2.24, 2.45) is 0 Å². The SMILES string of the molecule is COc1cc(NC(=O)c2ccccc2Cl)ccc1-c1ccc2c(c1COC(=O)c1ccc(C)cc1)N(C)C(=O)C(C)(C)N2. The number of anilines is 3. The summed E-state index contributed by atoms with van der Waals surface area (Å²) < 4.78 is 11.6. The molecule has 4 aromatic carbocycles. The zero-order valence-electron chi connectivity index (χ0n) is 24.6. The topological polar surface area (TPSA) is 97.0 Å². The first-order valence-electron chi connectivity index (χ1n) is 13.7. The zero-order valence-corrected chi connectivity index (χ0v) is 25.3. The van der Waals surface area contributed by atoms with Crippen LogP contribution < -0.4 is 20.3 Å². The molecule has 0 unspecified atom stereocenters. The predicted octanol–water partition coefficient (Wildman–Crippen LogP) is 7.10. The first kappa shape index (κ1) is 29.7. The minimum absolute atomic E-state index is 0.0981. The van der Waals surface area contributed by atoms with E-state index in [0.29, 0.717) is 50.0 Å². The van der Waals surface area contributed by atoms with Crippen LogP contribution >= 0.6 is 11.6 Å². The highest BCUT2D eigenvalue weighted by molar-refractivity contribution is 6.34. The fraction of sp³-hybridized carbons (Fsp3) is 0.206. The lowest BCUT2D eigenvalue weighted by molar-refractivity contribution is -0.121. The minimum Gasteiger partial charge on any atom is -0.496 e. The lowest BCUT2D eigenvalue weighted by Gasteiger charge is -2.39. The first-order chi connectivity index (χ1) is 20.5. The van der Waals surface area contributed by atoms with Crippen LogP contribution in [0.5, 0.6) is 5.75 Å². The van der Waals surface area contributed by atoms with Gasteiger partial charge in [-0.05, 0) is 68.8 Å². The maximum Gasteiger partial charge on any atom is 0.338 e. The van der Waals surface area contributed by atoms with Crippen molar-refractivity contribution in [3.63, 3.8) is 0 Å². The number of aryl methyl sites for hydroxylation is 1. The number of halogens is 1. The minimum atomic E-state index is -0.821. The first-order valence-corrected chi connectivity index (χ1v) is 14.1. The molecule has 1 heterocycles. The molecule has 0 atom stereocenters. The van der Waals surface area contributed by atoms with E-state index >= 15 is 0 Å². The number of amides is 2. The summed E-state index contributed by atoms with van der Waals surface area (Å²) in [5.41, 5.74) is 4.86. The van der Waals surface area contributed by atoms with Crippen LogP contribution in [0, 0.1) is 6.92 Å². The van der Waals surface area contributed by atoms with Crippen LogP contribution in [0.1, 0.15) is 45.7 Å². The van der Waals surface area contributed by atoms with E-state index in [-0.39, 0.29) is 18.4 Å². The van der Waals surface area contributed by atoms with E-state index in [0.717, 1.165) is 11.3 Å². The number of carbonyl (C=O) groups excluding carboxylic acids is 3. The highest BCUT2D eigenvalue weighted by Gasteiger charge is 2.39. The number of ether oxygens (including phenoxy) is 2. The van der Waals surface area contributed by atoms with Crippen LogP contribution in [0.3, 0.4) is 0 Å². The molecule has 43 heavy (non-hydrogen) atoms. The van der Waals surface area contributed by atoms with Gasteiger partial charge in [-0.15, -0.1) is 0 Å². The van der Waals surface area contributed by atoms with Gasteiger partial charge in [-0.2, -0.15) is 0 Å². The van der Waals surface area contributed by atoms with Gasteiger partial charge >= 0.3 is 5.97 Å². The van der Waals surface area contributed by atoms with Crippen molar-refractivity contribution in [2.45, 2.75) is 32.9 Å². The zero-order chi connectivity index (χ0) is 30.9. The normalized spacial score (nSPS) is 13.5. The molecule has 0 saturated carbocycles. The number of likely N-dealkylation sites (N-methyl/N-ethyl adjacent to an activating group) is 1. The van der Waals surface area contributed by atoms with Gasteiger partial charge in [-0.3, -0.25) is 9.59 Å². The molecule has 0 aromatic heterocycles. The average molecular weight is 598 g/mol. The summed E-state index contributed by atoms with van der Waals surface area (Å²) in [6, 6.07) is 23.0. The van der Waals surface area contributed by atoms with Gasteiger partial charge in [0.15, 0.2) is 0 Å². The molecular weight excluding hydrogens is 566 g/mol. The number of benzene rings is 4. The summed E-state index contributed by atoms with van der Waals surface area (Å²) >= 11 is 6.21. The van der Waals surface area contributed by atoms with E-state index in [9.17, 15) is 14.4 Å². The Balaban J connectivity index is 1.55. The molecule has 4 aromatic rings. The summed E-state index contributed by atoms with van der Waals surface area (Å²) in [7, 11) is 3.25. The smallest absolute Gasteiger partial charge is 0.338 e. The highest BCUT2D eigenvalue weighted by atomic mass is 35.5. The average Bonchev–Trinajstić information content (AvgIpc) is 2.99. The number of nitrogens with zero attached hydrogens (tertiary/aromatic N) is 1. The number of hydrogen-bond acceptors (Lipinski definition) is 6. The maximum atomic E-state index is 13.3. The van der Waals surface area contributed by atoms with Crippen molar-refractivity contribution in [3.05, 3.63) is 106 Å². The third-order valence-corrected chi connectivity index (χ3v) is 7.74. The molecule has 0 saturated heterocycles. The Morgan fingerprint density at radius 1 is 0.977 bits per heavy atom. The molecule has 0 fully saturated rings. The van der Waals surface area contributed by atoms with Gasteiger partial charge in [-0.1, -0.05) is 47.5 Å². The highest BCUT2D eigenvalue weighted by Crippen LogP contribution is 2.44. The molecule has 5 rings (SSSR count). The van der Waals surface area contributed by atoms with Crippen LogP contribution in [0.4, 0.5) is 17.1 Å². The third-order valence-electron chi connectivity index (χ3n) is 7.41. The second kappa shape index (κ2) is 11.8. The Morgan fingerprint density at radius 3 is 2.37 bits per heavy atom. The largest absolute Gasteiger partial charge is 0.496 e. The molecule has 220 valence electrons. The second-order valence-corrected chi connectivity index (χ2v) is 11.3. The van der Waals surface area contributed by atoms with Crippen molar-refractivity contribution >= 4 is 46.4 Å². The lowest BCUT2D eigenvalue weighted by atomic mass is 9.91. The number of esters is 1. The fourth-order valence-corrected chi connectivity index (χ4v) is 5.40. The van der Waals surface area contributed by atoms with Crippen LogP contribution in [-0.4, -0.2) is 37.5 Å². The van der Waals surface area contributed by atoms with E-state index in [2.05, 4.69) is 10.6 Å². The Morgan fingerprint density at radius 2 is 1.67 bits per heavy atom. The van der Waals surface area contributed by atoms with Gasteiger partial charge in [0.05, 0.1) is 34.6 Å². The van der Waals surface area contributed by atoms with Gasteiger partial charge in [0, 0.05) is 29.9 Å². The molecule has 0 bridgehead atoms. The van der Waals surface area contributed by atoms with E-state index in [4.69, 9.17) is 21.1 Å². The van der Waals surface area contributed by atoms with E-state index < -0.39 is 11.5 Å². The molecule has 0 spiro atoms. The number of hydrogen-bond donors (Lipinski definition) is 2. The number of carbonyl (C=O) groups is 3. The number of fused-ring (bicyclic) bond motifs is 1. The summed E-state index contributed by atoms with van der Waals surface area (Å²) in [6.07, 6.45) is 0. The van der Waals surface area contributed by atoms with Gasteiger partial charge in [-0.25, -0.2) is 4.79 Å². The standard InChI is InChI=1S/C34H32ClN3O5/c1-20-10-12-21(13-11-20)32(40)43-19-26-23(16-17-28-30(26)38(4)33(41)34(2,3)37-28)24-15-14-22(18-29(24)42-5)36-31(39)25-8-6-7-9-27(25)35/h6-18,37H,19H2,1-5H3,(H,36,39). The van der Waals surface area contributed by atoms with Crippen LogP contribution in [-0.2, 0) is 16.1 Å². The molecular formula is C34H32ClN3O5. The predicted molar refractivity (Wildman–Crippen MR) is 169 cm³/mol. The molecule has 8 nitrogen and oxygen atoms in total. The Hall–Kier alpha value is -4.82. The summed E-state index contributed by atoms with van der Waals surface area (Å²) in [5.74, 6) is -0.494. The Bertz CT molecular complexity index is 1730. The van der Waals surface area contributed by atoms with Gasteiger partial charge < -0.3 is 25.0 Å². The molecule has 0 radical (unpaired) electrons. The molecule has 1 aliphatic rings. The Labute approximate surface area is 255 Å². The number of rotatable bonds is 7. The van der Waals surface area contributed by atoms with E-state index in [1.165, 1.54) is 7.11 Å². The number of nitrogens with one attached hydrogen (secondary N) is 2. The van der Waals surface area contributed by atoms with Gasteiger partial charge in [0.2, 0.25) is 0 Å². The molecule has 0 aliphatic carbocycles. The van der Waals surface area contributed by atoms with Gasteiger partial charge in [0.25, 0.3) is 11.8 Å². The number of methoxy groups -OCH3 is 1. The van der Waals surface area contributed by atoms with Crippen LogP contribution in [0.2, 0.25) is 5.02 Å². The quantitative estimate of drug-likeness (QED) is 0.221. The van der Waals surface area contributed by atoms with Crippen molar-refractivity contribution in [1.82, 2.24) is 0 Å². The summed E-state index contributed by atoms with van der Waals surface area (Å²) in [6.45, 7) is 5.48. The lowest BCUT2D eigenvalue weighted by Crippen LogP contribution is -2.52. The fourth-order valence-electron chi connectivity index (χ4n) is 5.18. The summed E-state index contributed by atoms with van der Waals surface area (Å²) in [4.78, 5) is 40.8. The molecule has 1 aliphatic heterocycles. The maximum absolute atomic E-state index is 13.3. The second-order valence-electron chi connectivity index (χ2n) is 10.9. The Kier molecular flexibility index (Phi) is 8.15. The van der Waals surface area contributed by atoms with Crippen molar-refractivity contribution in [2.75, 3.05) is 29.7 Å². The van der Waals surface area contributed by atoms with Crippen LogP contribution in [0.15, 0.2) is 78.9 Å². The van der Waals surface area contributed by atoms with E-state index in [1.807, 2.05) is 51.1 Å². The monoisotopic (exact) mass is 597 g/mol.